The molecule has 1 heterocycles. The fraction of sp³-hybridized carbons (Fsp3) is 0.242. The molecule has 6 nitrogen and oxygen atoms in total. The molecule has 0 bridgehead atoms. The zero-order valence-electron chi connectivity index (χ0n) is 23.4. The number of thioether (sulfide) groups is 1. The number of aryl methyl sites for hydroxylation is 1. The first-order chi connectivity index (χ1) is 19.1. The van der Waals surface area contributed by atoms with E-state index in [4.69, 9.17) is 9.47 Å². The Bertz CT molecular complexity index is 1490. The van der Waals surface area contributed by atoms with E-state index in [0.717, 1.165) is 22.9 Å². The van der Waals surface area contributed by atoms with Gasteiger partial charge >= 0.3 is 5.97 Å². The molecule has 0 saturated heterocycles. The van der Waals surface area contributed by atoms with Gasteiger partial charge in [0.05, 0.1) is 11.5 Å². The Morgan fingerprint density at radius 1 is 0.975 bits per heavy atom. The number of amides is 1. The Kier molecular flexibility index (Phi) is 8.95. The van der Waals surface area contributed by atoms with Gasteiger partial charge in [0, 0.05) is 11.1 Å². The normalized spacial score (nSPS) is 15.5. The number of aliphatic imine (C=N–C) groups is 1. The summed E-state index contributed by atoms with van der Waals surface area (Å²) in [6.07, 6.45) is 1.72. The van der Waals surface area contributed by atoms with Gasteiger partial charge < -0.3 is 14.6 Å². The predicted octanol–water partition coefficient (Wildman–Crippen LogP) is 7.57. The van der Waals surface area contributed by atoms with E-state index in [1.807, 2.05) is 67.6 Å². The molecule has 4 rings (SSSR count). The average Bonchev–Trinajstić information content (AvgIpc) is 3.22. The Morgan fingerprint density at radius 3 is 2.30 bits per heavy atom. The molecule has 0 radical (unpaired) electrons. The van der Waals surface area contributed by atoms with Crippen LogP contribution in [-0.2, 0) is 21.6 Å². The van der Waals surface area contributed by atoms with Crippen LogP contribution < -0.4 is 4.74 Å². The molecular weight excluding hydrogens is 522 g/mol. The van der Waals surface area contributed by atoms with Crippen LogP contribution in [-0.4, -0.2) is 28.6 Å². The van der Waals surface area contributed by atoms with E-state index >= 15 is 0 Å². The van der Waals surface area contributed by atoms with Crippen molar-refractivity contribution in [3.8, 4) is 5.75 Å². The van der Waals surface area contributed by atoms with E-state index in [0.29, 0.717) is 28.4 Å². The second-order valence-corrected chi connectivity index (χ2v) is 11.4. The lowest BCUT2D eigenvalue weighted by Gasteiger charge is -2.18. The molecule has 3 aromatic rings. The molecule has 7 heteroatoms. The third-order valence-corrected chi connectivity index (χ3v) is 7.31. The Morgan fingerprint density at radius 2 is 1.65 bits per heavy atom. The second-order valence-electron chi connectivity index (χ2n) is 10.4. The van der Waals surface area contributed by atoms with Crippen molar-refractivity contribution in [3.63, 3.8) is 0 Å². The lowest BCUT2D eigenvalue weighted by molar-refractivity contribution is -0.138. The minimum Gasteiger partial charge on any atom is -0.506 e. The van der Waals surface area contributed by atoms with Gasteiger partial charge in [-0.3, -0.25) is 4.79 Å². The Hall–Kier alpha value is -4.10. The number of esters is 1. The van der Waals surface area contributed by atoms with Gasteiger partial charge in [0.15, 0.2) is 0 Å². The molecule has 0 aliphatic carbocycles. The zero-order chi connectivity index (χ0) is 28.9. The van der Waals surface area contributed by atoms with Crippen LogP contribution in [0.1, 0.15) is 60.3 Å². The van der Waals surface area contributed by atoms with Gasteiger partial charge in [0.25, 0.3) is 5.91 Å². The predicted molar refractivity (Wildman–Crippen MR) is 161 cm³/mol. The minimum absolute atomic E-state index is 0.0553. The van der Waals surface area contributed by atoms with Crippen molar-refractivity contribution in [2.75, 3.05) is 6.61 Å². The molecular formula is C33H33NO5S. The fourth-order valence-corrected chi connectivity index (χ4v) is 4.98. The maximum Gasteiger partial charge on any atom is 0.344 e. The van der Waals surface area contributed by atoms with Gasteiger partial charge in [-0.25, -0.2) is 9.79 Å². The average molecular weight is 556 g/mol. The molecule has 0 unspecified atom stereocenters. The topological polar surface area (TPSA) is 85.2 Å². The van der Waals surface area contributed by atoms with E-state index < -0.39 is 11.9 Å². The van der Waals surface area contributed by atoms with Gasteiger partial charge in [0.2, 0.25) is 0 Å². The van der Waals surface area contributed by atoms with Gasteiger partial charge in [-0.15, -0.1) is 0 Å². The first kappa shape index (κ1) is 28.9. The highest BCUT2D eigenvalue weighted by Crippen LogP contribution is 2.40. The van der Waals surface area contributed by atoms with Gasteiger partial charge in [-0.2, -0.15) is 0 Å². The summed E-state index contributed by atoms with van der Waals surface area (Å²) >= 11 is 1.04. The van der Waals surface area contributed by atoms with Crippen molar-refractivity contribution < 1.29 is 24.2 Å². The van der Waals surface area contributed by atoms with E-state index in [1.54, 1.807) is 25.1 Å². The summed E-state index contributed by atoms with van der Waals surface area (Å²) in [7, 11) is 0. The van der Waals surface area contributed by atoms with Crippen molar-refractivity contribution in [1.29, 1.82) is 0 Å². The van der Waals surface area contributed by atoms with Gasteiger partial charge in [-0.1, -0.05) is 92.7 Å². The Balaban J connectivity index is 1.64. The zero-order valence-corrected chi connectivity index (χ0v) is 24.2. The third kappa shape index (κ3) is 6.90. The highest BCUT2D eigenvalue weighted by atomic mass is 32.2. The first-order valence-electron chi connectivity index (χ1n) is 13.1. The summed E-state index contributed by atoms with van der Waals surface area (Å²) in [6.45, 7) is 10.5. The maximum absolute atomic E-state index is 13.1. The van der Waals surface area contributed by atoms with E-state index in [9.17, 15) is 14.7 Å². The number of nitrogens with zero attached hydrogens (tertiary/aromatic N) is 1. The molecule has 0 atom stereocenters. The SMILES string of the molecule is CCOC(=O)C1=C(O)/C(=C\c2ccccc2OCc2ccc(C)cc2)SC1=NC(=O)c1ccc(C(C)(C)C)cc1. The van der Waals surface area contributed by atoms with Crippen LogP contribution in [0.5, 0.6) is 5.75 Å². The number of rotatable bonds is 7. The molecule has 0 fully saturated rings. The van der Waals surface area contributed by atoms with E-state index in [1.165, 1.54) is 5.56 Å². The third-order valence-electron chi connectivity index (χ3n) is 6.29. The summed E-state index contributed by atoms with van der Waals surface area (Å²) in [5.41, 5.74) is 4.19. The lowest BCUT2D eigenvalue weighted by Crippen LogP contribution is -2.14. The smallest absolute Gasteiger partial charge is 0.344 e. The molecule has 0 spiro atoms. The number of aliphatic hydroxyl groups excluding tert-OH is 1. The Labute approximate surface area is 239 Å². The summed E-state index contributed by atoms with van der Waals surface area (Å²) < 4.78 is 11.2. The molecule has 1 aliphatic rings. The largest absolute Gasteiger partial charge is 0.506 e. The standard InChI is InChI=1S/C33H33NO5S/c1-6-38-32(37)28-29(35)27(40-31(28)34-30(36)23-15-17-25(18-16-23)33(3,4)5)19-24-9-7-8-10-26(24)39-20-22-13-11-21(2)12-14-22/h7-19,35H,6,20H2,1-5H3/b27-19+,34-31?. The number of ether oxygens (including phenoxy) is 2. The first-order valence-corrected chi connectivity index (χ1v) is 13.9. The molecule has 40 heavy (non-hydrogen) atoms. The van der Waals surface area contributed by atoms with Crippen molar-refractivity contribution in [3.05, 3.63) is 117 Å². The lowest BCUT2D eigenvalue weighted by atomic mass is 9.87. The summed E-state index contributed by atoms with van der Waals surface area (Å²) in [5, 5.41) is 11.2. The molecule has 0 aromatic heterocycles. The fourth-order valence-electron chi connectivity index (χ4n) is 3.98. The number of para-hydroxylation sites is 1. The molecule has 206 valence electrons. The van der Waals surface area contributed by atoms with E-state index in [2.05, 4.69) is 25.8 Å². The van der Waals surface area contributed by atoms with Crippen LogP contribution in [0.25, 0.3) is 6.08 Å². The van der Waals surface area contributed by atoms with Crippen molar-refractivity contribution in [2.45, 2.75) is 46.6 Å². The van der Waals surface area contributed by atoms with Crippen LogP contribution in [0, 0.1) is 6.92 Å². The summed E-state index contributed by atoms with van der Waals surface area (Å²) in [6, 6.07) is 22.7. The highest BCUT2D eigenvalue weighted by molar-refractivity contribution is 8.18. The maximum atomic E-state index is 13.1. The molecule has 1 aliphatic heterocycles. The number of aliphatic hydroxyl groups is 1. The molecule has 3 aromatic carbocycles. The van der Waals surface area contributed by atoms with Gasteiger partial charge in [0.1, 0.15) is 28.7 Å². The summed E-state index contributed by atoms with van der Waals surface area (Å²) in [5.74, 6) is -0.927. The summed E-state index contributed by atoms with van der Waals surface area (Å²) in [4.78, 5) is 30.4. The number of benzene rings is 3. The molecule has 1 amide bonds. The monoisotopic (exact) mass is 555 g/mol. The number of hydrogen-bond acceptors (Lipinski definition) is 6. The second kappa shape index (κ2) is 12.4. The van der Waals surface area contributed by atoms with Crippen LogP contribution >= 0.6 is 11.8 Å². The van der Waals surface area contributed by atoms with Crippen LogP contribution in [0.15, 0.2) is 94.0 Å². The van der Waals surface area contributed by atoms with Crippen LogP contribution in [0.3, 0.4) is 0 Å². The van der Waals surface area contributed by atoms with Crippen LogP contribution in [0.4, 0.5) is 0 Å². The van der Waals surface area contributed by atoms with Crippen molar-refractivity contribution in [1.82, 2.24) is 0 Å². The van der Waals surface area contributed by atoms with Crippen LogP contribution in [0.2, 0.25) is 0 Å². The van der Waals surface area contributed by atoms with Crippen molar-refractivity contribution >= 4 is 34.8 Å². The molecule has 0 saturated carbocycles. The quantitative estimate of drug-likeness (QED) is 0.303. The van der Waals surface area contributed by atoms with Crippen molar-refractivity contribution in [2.24, 2.45) is 4.99 Å². The highest BCUT2D eigenvalue weighted by Gasteiger charge is 2.34. The van der Waals surface area contributed by atoms with Gasteiger partial charge in [-0.05, 0) is 54.7 Å². The van der Waals surface area contributed by atoms with E-state index in [-0.39, 0.29) is 28.4 Å². The number of carbonyl (C=O) groups is 2. The number of carbonyl (C=O) groups excluding carboxylic acids is 2. The molecule has 1 N–H and O–H groups in total. The number of hydrogen-bond donors (Lipinski definition) is 1. The minimum atomic E-state index is -0.741.